The Hall–Kier alpha value is -2.81. The van der Waals surface area contributed by atoms with Crippen molar-refractivity contribution in [1.29, 1.82) is 0 Å². The van der Waals surface area contributed by atoms with Gasteiger partial charge in [0.2, 0.25) is 11.7 Å². The maximum Gasteiger partial charge on any atom is 0.374 e. The van der Waals surface area contributed by atoms with Crippen molar-refractivity contribution in [2.24, 2.45) is 0 Å². The number of amides is 3. The van der Waals surface area contributed by atoms with Gasteiger partial charge in [-0.25, -0.2) is 4.79 Å². The van der Waals surface area contributed by atoms with Crippen LogP contribution in [0.1, 0.15) is 10.6 Å². The fraction of sp³-hybridized carbons (Fsp3) is 0.250. The van der Waals surface area contributed by atoms with Gasteiger partial charge in [-0.05, 0) is 12.1 Å². The maximum absolute atomic E-state index is 11.9. The molecule has 0 atom stereocenters. The van der Waals surface area contributed by atoms with Crippen molar-refractivity contribution in [3.05, 3.63) is 36.1 Å². The van der Waals surface area contributed by atoms with Crippen LogP contribution >= 0.6 is 11.8 Å². The maximum atomic E-state index is 11.9. The van der Waals surface area contributed by atoms with E-state index in [1.54, 1.807) is 18.2 Å². The van der Waals surface area contributed by atoms with E-state index < -0.39 is 18.5 Å². The van der Waals surface area contributed by atoms with Gasteiger partial charge in [0.25, 0.3) is 11.1 Å². The van der Waals surface area contributed by atoms with Crippen LogP contribution in [0.5, 0.6) is 0 Å². The molecule has 0 unspecified atom stereocenters. The summed E-state index contributed by atoms with van der Waals surface area (Å²) in [5, 5.41) is 2.92. The number of carbonyl (C=O) groups excluding carboxylic acids is 4. The largest absolute Gasteiger partial charge is 0.450 e. The molecule has 3 amide bonds. The number of benzene rings is 1. The standard InChI is InChI=1S/C16H14N2O6S/c19-13(17-5-6-18-14(20)9-25-16(18)22)8-23-15(21)12-7-10-3-1-2-4-11(10)24-12/h1-4,7H,5-6,8-9H2,(H,17,19). The van der Waals surface area contributed by atoms with Crippen LogP contribution in [0.15, 0.2) is 34.7 Å². The van der Waals surface area contributed by atoms with E-state index in [-0.39, 0.29) is 35.7 Å². The fourth-order valence-corrected chi connectivity index (χ4v) is 2.99. The van der Waals surface area contributed by atoms with Gasteiger partial charge in [-0.3, -0.25) is 19.3 Å². The summed E-state index contributed by atoms with van der Waals surface area (Å²) >= 11 is 0.931. The topological polar surface area (TPSA) is 106 Å². The van der Waals surface area contributed by atoms with Crippen molar-refractivity contribution in [2.45, 2.75) is 0 Å². The number of nitrogens with zero attached hydrogens (tertiary/aromatic N) is 1. The molecule has 1 aromatic carbocycles. The van der Waals surface area contributed by atoms with Gasteiger partial charge in [-0.1, -0.05) is 30.0 Å². The van der Waals surface area contributed by atoms with E-state index in [1.165, 1.54) is 6.07 Å². The van der Waals surface area contributed by atoms with E-state index in [2.05, 4.69) is 5.32 Å². The predicted octanol–water partition coefficient (Wildman–Crippen LogP) is 1.40. The van der Waals surface area contributed by atoms with E-state index in [0.717, 1.165) is 22.0 Å². The third-order valence-corrected chi connectivity index (χ3v) is 4.32. The van der Waals surface area contributed by atoms with Crippen molar-refractivity contribution >= 4 is 45.8 Å². The molecule has 1 fully saturated rings. The predicted molar refractivity (Wildman–Crippen MR) is 89.1 cm³/mol. The third kappa shape index (κ3) is 4.00. The number of nitrogens with one attached hydrogen (secondary N) is 1. The molecule has 1 aromatic heterocycles. The van der Waals surface area contributed by atoms with E-state index >= 15 is 0 Å². The highest BCUT2D eigenvalue weighted by Gasteiger charge is 2.29. The summed E-state index contributed by atoms with van der Waals surface area (Å²) in [4.78, 5) is 47.4. The van der Waals surface area contributed by atoms with Gasteiger partial charge in [0.05, 0.1) is 5.75 Å². The summed E-state index contributed by atoms with van der Waals surface area (Å²) in [5.41, 5.74) is 0.553. The highest BCUT2D eigenvalue weighted by atomic mass is 32.2. The number of hydrogen-bond donors (Lipinski definition) is 1. The van der Waals surface area contributed by atoms with Crippen LogP contribution < -0.4 is 5.32 Å². The first-order chi connectivity index (χ1) is 12.0. The zero-order valence-corrected chi connectivity index (χ0v) is 13.8. The lowest BCUT2D eigenvalue weighted by Gasteiger charge is -2.12. The molecule has 0 bridgehead atoms. The van der Waals surface area contributed by atoms with Gasteiger partial charge in [-0.15, -0.1) is 0 Å². The highest BCUT2D eigenvalue weighted by Crippen LogP contribution is 2.19. The zero-order chi connectivity index (χ0) is 17.8. The molecule has 1 aliphatic rings. The molecule has 2 aromatic rings. The zero-order valence-electron chi connectivity index (χ0n) is 13.0. The second-order valence-electron chi connectivity index (χ2n) is 5.17. The molecular weight excluding hydrogens is 348 g/mol. The molecule has 3 rings (SSSR count). The number of thioether (sulfide) groups is 1. The highest BCUT2D eigenvalue weighted by molar-refractivity contribution is 8.14. The SMILES string of the molecule is O=C(COC(=O)c1cc2ccccc2o1)NCCN1C(=O)CSC1=O. The third-order valence-electron chi connectivity index (χ3n) is 3.46. The fourth-order valence-electron chi connectivity index (χ4n) is 2.24. The van der Waals surface area contributed by atoms with Crippen molar-refractivity contribution in [3.63, 3.8) is 0 Å². The minimum Gasteiger partial charge on any atom is -0.450 e. The van der Waals surface area contributed by atoms with Crippen molar-refractivity contribution in [3.8, 4) is 0 Å². The minimum atomic E-state index is -0.743. The molecule has 8 nitrogen and oxygen atoms in total. The minimum absolute atomic E-state index is 0.0132. The van der Waals surface area contributed by atoms with Gasteiger partial charge >= 0.3 is 5.97 Å². The average molecular weight is 362 g/mol. The normalized spacial score (nSPS) is 14.2. The first-order valence-corrected chi connectivity index (χ1v) is 8.42. The van der Waals surface area contributed by atoms with Gasteiger partial charge in [-0.2, -0.15) is 0 Å². The smallest absolute Gasteiger partial charge is 0.374 e. The van der Waals surface area contributed by atoms with Crippen LogP contribution in [0.2, 0.25) is 0 Å². The molecule has 1 aliphatic heterocycles. The molecule has 1 saturated heterocycles. The molecule has 0 saturated carbocycles. The molecular formula is C16H14N2O6S. The van der Waals surface area contributed by atoms with E-state index in [0.29, 0.717) is 5.58 Å². The second-order valence-corrected chi connectivity index (χ2v) is 6.10. The summed E-state index contributed by atoms with van der Waals surface area (Å²) in [6, 6.07) is 8.65. The molecule has 9 heteroatoms. The number of fused-ring (bicyclic) bond motifs is 1. The van der Waals surface area contributed by atoms with Gasteiger partial charge < -0.3 is 14.5 Å². The van der Waals surface area contributed by atoms with Crippen molar-refractivity contribution < 1.29 is 28.3 Å². The molecule has 25 heavy (non-hydrogen) atoms. The van der Waals surface area contributed by atoms with Crippen LogP contribution in [0.25, 0.3) is 11.0 Å². The summed E-state index contributed by atoms with van der Waals surface area (Å²) in [6.45, 7) is -0.292. The van der Waals surface area contributed by atoms with Gasteiger partial charge in [0.15, 0.2) is 6.61 Å². The lowest BCUT2D eigenvalue weighted by molar-refractivity contribution is -0.126. The molecule has 0 aliphatic carbocycles. The number of hydrogen-bond acceptors (Lipinski definition) is 7. The number of rotatable bonds is 6. The molecule has 2 heterocycles. The Kier molecular flexibility index (Phi) is 5.03. The van der Waals surface area contributed by atoms with Crippen LogP contribution in [-0.2, 0) is 14.3 Å². The van der Waals surface area contributed by atoms with E-state index in [9.17, 15) is 19.2 Å². The van der Waals surface area contributed by atoms with Crippen LogP contribution in [0.3, 0.4) is 0 Å². The molecule has 0 spiro atoms. The molecule has 1 N–H and O–H groups in total. The molecule has 130 valence electrons. The van der Waals surface area contributed by atoms with E-state index in [1.807, 2.05) is 6.07 Å². The number of ether oxygens (including phenoxy) is 1. The monoisotopic (exact) mass is 362 g/mol. The van der Waals surface area contributed by atoms with Crippen LogP contribution in [-0.4, -0.2) is 53.4 Å². The Balaban J connectivity index is 1.43. The van der Waals surface area contributed by atoms with Gasteiger partial charge in [0, 0.05) is 18.5 Å². The first kappa shape index (κ1) is 17.0. The van der Waals surface area contributed by atoms with E-state index in [4.69, 9.17) is 9.15 Å². The van der Waals surface area contributed by atoms with Crippen molar-refractivity contribution in [1.82, 2.24) is 10.2 Å². The number of carbonyl (C=O) groups is 4. The van der Waals surface area contributed by atoms with Crippen molar-refractivity contribution in [2.75, 3.05) is 25.4 Å². The summed E-state index contributed by atoms with van der Waals surface area (Å²) in [6.07, 6.45) is 0. The quantitative estimate of drug-likeness (QED) is 0.774. The molecule has 0 radical (unpaired) electrons. The summed E-state index contributed by atoms with van der Waals surface area (Å²) in [5.74, 6) is -1.41. The van der Waals surface area contributed by atoms with Gasteiger partial charge in [0.1, 0.15) is 5.58 Å². The summed E-state index contributed by atoms with van der Waals surface area (Å²) < 4.78 is 10.2. The lowest BCUT2D eigenvalue weighted by Crippen LogP contribution is -2.38. The number of imide groups is 1. The Morgan fingerprint density at radius 3 is 2.80 bits per heavy atom. The number of esters is 1. The Bertz CT molecular complexity index is 797. The Morgan fingerprint density at radius 2 is 2.08 bits per heavy atom. The Labute approximate surface area is 146 Å². The first-order valence-electron chi connectivity index (χ1n) is 7.44. The van der Waals surface area contributed by atoms with Crippen LogP contribution in [0, 0.1) is 0 Å². The second kappa shape index (κ2) is 7.39. The number of para-hydroxylation sites is 1. The average Bonchev–Trinajstić information content (AvgIpc) is 3.17. The van der Waals surface area contributed by atoms with Crippen LogP contribution in [0.4, 0.5) is 4.79 Å². The summed E-state index contributed by atoms with van der Waals surface area (Å²) in [7, 11) is 0. The number of furan rings is 1. The lowest BCUT2D eigenvalue weighted by atomic mass is 10.2. The Morgan fingerprint density at radius 1 is 1.28 bits per heavy atom.